The Balaban J connectivity index is 1.78. The van der Waals surface area contributed by atoms with E-state index >= 15 is 0 Å². The lowest BCUT2D eigenvalue weighted by atomic mass is 10.4. The van der Waals surface area contributed by atoms with E-state index in [2.05, 4.69) is 9.71 Å². The normalized spacial score (nSPS) is 11.8. The van der Waals surface area contributed by atoms with Crippen LogP contribution in [0.4, 0.5) is 4.39 Å². The van der Waals surface area contributed by atoms with E-state index in [1.807, 2.05) is 0 Å². The first kappa shape index (κ1) is 17.3. The second-order valence-corrected chi connectivity index (χ2v) is 7.71. The summed E-state index contributed by atoms with van der Waals surface area (Å²) >= 11 is 7.41. The molecule has 0 aliphatic heterocycles. The van der Waals surface area contributed by atoms with Crippen LogP contribution in [0.2, 0.25) is 5.15 Å². The fourth-order valence-electron chi connectivity index (χ4n) is 1.64. The summed E-state index contributed by atoms with van der Waals surface area (Å²) in [5, 5.41) is -0.0870. The third kappa shape index (κ3) is 4.45. The number of thioether (sulfide) groups is 1. The zero-order valence-electron chi connectivity index (χ0n) is 11.8. The highest BCUT2D eigenvalue weighted by molar-refractivity contribution is 7.99. The second kappa shape index (κ2) is 7.45. The van der Waals surface area contributed by atoms with E-state index in [9.17, 15) is 12.8 Å². The van der Waals surface area contributed by atoms with Gasteiger partial charge < -0.3 is 4.57 Å². The van der Waals surface area contributed by atoms with Crippen LogP contribution in [0, 0.1) is 5.82 Å². The summed E-state index contributed by atoms with van der Waals surface area (Å²) in [5.41, 5.74) is 0. The van der Waals surface area contributed by atoms with Crippen molar-refractivity contribution in [1.82, 2.24) is 14.3 Å². The molecule has 0 bridgehead atoms. The predicted octanol–water partition coefficient (Wildman–Crippen LogP) is 2.67. The van der Waals surface area contributed by atoms with Gasteiger partial charge >= 0.3 is 0 Å². The van der Waals surface area contributed by atoms with Crippen molar-refractivity contribution in [1.29, 1.82) is 0 Å². The zero-order valence-corrected chi connectivity index (χ0v) is 14.2. The van der Waals surface area contributed by atoms with Gasteiger partial charge in [-0.3, -0.25) is 0 Å². The summed E-state index contributed by atoms with van der Waals surface area (Å²) in [6.45, 7) is 0.281. The van der Waals surface area contributed by atoms with Crippen LogP contribution in [0.15, 0.2) is 40.5 Å². The fraction of sp³-hybridized carbons (Fsp3) is 0.308. The minimum absolute atomic E-state index is 0.0770. The van der Waals surface area contributed by atoms with Crippen LogP contribution in [0.25, 0.3) is 0 Å². The molecule has 2 rings (SSSR count). The largest absolute Gasteiger partial charge is 0.324 e. The number of aromatic nitrogens is 2. The Kier molecular flexibility index (Phi) is 5.85. The first-order chi connectivity index (χ1) is 10.4. The maximum absolute atomic E-state index is 12.8. The van der Waals surface area contributed by atoms with Gasteiger partial charge in [0.25, 0.3) is 10.0 Å². The molecule has 0 amide bonds. The number of rotatable bonds is 7. The van der Waals surface area contributed by atoms with Crippen LogP contribution in [-0.4, -0.2) is 30.3 Å². The van der Waals surface area contributed by atoms with Crippen LogP contribution in [-0.2, 0) is 17.1 Å². The van der Waals surface area contributed by atoms with Gasteiger partial charge in [-0.1, -0.05) is 11.6 Å². The minimum Gasteiger partial charge on any atom is -0.324 e. The van der Waals surface area contributed by atoms with Crippen molar-refractivity contribution < 1.29 is 12.8 Å². The Morgan fingerprint density at radius 3 is 2.64 bits per heavy atom. The maximum Gasteiger partial charge on any atom is 0.261 e. The Hall–Kier alpha value is -1.09. The molecule has 0 aliphatic carbocycles. The molecule has 22 heavy (non-hydrogen) atoms. The molecule has 1 aromatic heterocycles. The Bertz CT molecular complexity index is 732. The van der Waals surface area contributed by atoms with E-state index in [0.717, 1.165) is 4.90 Å². The number of aryl methyl sites for hydroxylation is 1. The molecule has 0 unspecified atom stereocenters. The van der Waals surface area contributed by atoms with Gasteiger partial charge in [0.2, 0.25) is 5.03 Å². The molecule has 0 atom stereocenters. The average molecular weight is 364 g/mol. The highest BCUT2D eigenvalue weighted by Gasteiger charge is 2.21. The third-order valence-electron chi connectivity index (χ3n) is 2.78. The first-order valence-corrected chi connectivity index (χ1v) is 9.29. The standard InChI is InChI=1S/C13H15ClFN3O2S2/c1-18-9-16-13(12(18)14)22(19,20)17-7-2-8-21-11-5-3-10(15)4-6-11/h3-6,9,17H,2,7-8H2,1H3. The molecular formula is C13H15ClFN3O2S2. The number of sulfonamides is 1. The van der Waals surface area contributed by atoms with Crippen molar-refractivity contribution in [3.8, 4) is 0 Å². The summed E-state index contributed by atoms with van der Waals surface area (Å²) in [5.74, 6) is 0.439. The molecule has 120 valence electrons. The number of hydrogen-bond acceptors (Lipinski definition) is 4. The molecule has 0 radical (unpaired) electrons. The molecule has 0 fully saturated rings. The number of hydrogen-bond donors (Lipinski definition) is 1. The average Bonchev–Trinajstić information content (AvgIpc) is 2.81. The second-order valence-electron chi connectivity index (χ2n) is 4.51. The number of nitrogens with one attached hydrogen (secondary N) is 1. The van der Waals surface area contributed by atoms with E-state index in [4.69, 9.17) is 11.6 Å². The first-order valence-electron chi connectivity index (χ1n) is 6.45. The molecule has 9 heteroatoms. The lowest BCUT2D eigenvalue weighted by Gasteiger charge is -2.05. The molecule has 1 N–H and O–H groups in total. The SMILES string of the molecule is Cn1cnc(S(=O)(=O)NCCCSc2ccc(F)cc2)c1Cl. The smallest absolute Gasteiger partial charge is 0.261 e. The quantitative estimate of drug-likeness (QED) is 0.606. The van der Waals surface area contributed by atoms with Gasteiger partial charge in [-0.2, -0.15) is 0 Å². The molecular weight excluding hydrogens is 349 g/mol. The van der Waals surface area contributed by atoms with Crippen molar-refractivity contribution >= 4 is 33.4 Å². The molecule has 0 spiro atoms. The van der Waals surface area contributed by atoms with Crippen molar-refractivity contribution in [3.63, 3.8) is 0 Å². The summed E-state index contributed by atoms with van der Waals surface area (Å²) in [4.78, 5) is 4.72. The Labute approximate surface area is 137 Å². The highest BCUT2D eigenvalue weighted by Crippen LogP contribution is 2.20. The van der Waals surface area contributed by atoms with Crippen LogP contribution in [0.1, 0.15) is 6.42 Å². The summed E-state index contributed by atoms with van der Waals surface area (Å²) in [6.07, 6.45) is 1.98. The predicted molar refractivity (Wildman–Crippen MR) is 85.1 cm³/mol. The van der Waals surface area contributed by atoms with Gasteiger partial charge in [0.1, 0.15) is 11.0 Å². The van der Waals surface area contributed by atoms with Crippen molar-refractivity contribution in [2.24, 2.45) is 7.05 Å². The molecule has 0 saturated heterocycles. The van der Waals surface area contributed by atoms with Crippen molar-refractivity contribution in [2.75, 3.05) is 12.3 Å². The maximum atomic E-state index is 12.8. The molecule has 1 heterocycles. The van der Waals surface area contributed by atoms with Gasteiger partial charge in [0.05, 0.1) is 6.33 Å². The number of benzene rings is 1. The van der Waals surface area contributed by atoms with Crippen molar-refractivity contribution in [3.05, 3.63) is 41.6 Å². The van der Waals surface area contributed by atoms with Crippen LogP contribution < -0.4 is 4.72 Å². The monoisotopic (exact) mass is 363 g/mol. The van der Waals surface area contributed by atoms with Crippen LogP contribution >= 0.6 is 23.4 Å². The molecule has 0 aliphatic rings. The molecule has 1 aromatic carbocycles. The van der Waals surface area contributed by atoms with E-state index < -0.39 is 10.0 Å². The lowest BCUT2D eigenvalue weighted by Crippen LogP contribution is -2.25. The van der Waals surface area contributed by atoms with Crippen LogP contribution in [0.5, 0.6) is 0 Å². The third-order valence-corrected chi connectivity index (χ3v) is 5.83. The van der Waals surface area contributed by atoms with Gasteiger partial charge in [-0.15, -0.1) is 11.8 Å². The summed E-state index contributed by atoms with van der Waals surface area (Å²) in [6, 6.07) is 6.18. The number of nitrogens with zero attached hydrogens (tertiary/aromatic N) is 2. The van der Waals surface area contributed by atoms with Gasteiger partial charge in [-0.25, -0.2) is 22.5 Å². The molecule has 5 nitrogen and oxygen atoms in total. The minimum atomic E-state index is -3.69. The van der Waals surface area contributed by atoms with E-state index in [1.54, 1.807) is 19.2 Å². The molecule has 0 saturated carbocycles. The number of imidazole rings is 1. The Morgan fingerprint density at radius 1 is 1.36 bits per heavy atom. The summed E-state index contributed by atoms with van der Waals surface area (Å²) in [7, 11) is -2.07. The lowest BCUT2D eigenvalue weighted by molar-refractivity contribution is 0.577. The van der Waals surface area contributed by atoms with E-state index in [1.165, 1.54) is 34.8 Å². The van der Waals surface area contributed by atoms with E-state index in [-0.39, 0.29) is 22.5 Å². The van der Waals surface area contributed by atoms with Gasteiger partial charge in [-0.05, 0) is 36.4 Å². The zero-order chi connectivity index (χ0) is 16.2. The van der Waals surface area contributed by atoms with E-state index in [0.29, 0.717) is 12.2 Å². The van der Waals surface area contributed by atoms with Gasteiger partial charge in [0.15, 0.2) is 0 Å². The fourth-order valence-corrected chi connectivity index (χ4v) is 3.99. The van der Waals surface area contributed by atoms with Gasteiger partial charge in [0, 0.05) is 18.5 Å². The molecule has 2 aromatic rings. The topological polar surface area (TPSA) is 64.0 Å². The number of halogens is 2. The highest BCUT2D eigenvalue weighted by atomic mass is 35.5. The Morgan fingerprint density at radius 2 is 2.05 bits per heavy atom. The van der Waals surface area contributed by atoms with Crippen molar-refractivity contribution in [2.45, 2.75) is 16.3 Å². The van der Waals surface area contributed by atoms with Crippen LogP contribution in [0.3, 0.4) is 0 Å². The summed E-state index contributed by atoms with van der Waals surface area (Å²) < 4.78 is 40.7.